The molecule has 0 heterocycles. The smallest absolute Gasteiger partial charge is 0.240 e. The number of aromatic hydroxyl groups is 1. The number of amides is 1. The number of hydrogen-bond donors (Lipinski definition) is 2. The molecule has 2 aromatic carbocycles. The van der Waals surface area contributed by atoms with Crippen molar-refractivity contribution in [2.45, 2.75) is 26.2 Å². The highest BCUT2D eigenvalue weighted by molar-refractivity contribution is 9.10. The van der Waals surface area contributed by atoms with Gasteiger partial charge in [0, 0.05) is 6.42 Å². The normalized spacial score (nSPS) is 10.8. The highest BCUT2D eigenvalue weighted by Crippen LogP contribution is 2.34. The standard InChI is InChI=1S/C20H23BrN2O4/c1-13-9-16(26-2)8-7-15(13)5-4-6-19(24)23-22-12-14-10-17(21)20(25)18(11-14)27-3/h7-12,25H,4-6H2,1-3H3,(H,23,24)/b22-12-. The minimum absolute atomic E-state index is 0.0208. The van der Waals surface area contributed by atoms with Gasteiger partial charge in [-0.3, -0.25) is 4.79 Å². The number of methoxy groups -OCH3 is 2. The molecule has 0 aliphatic heterocycles. The van der Waals surface area contributed by atoms with Crippen LogP contribution < -0.4 is 14.9 Å². The largest absolute Gasteiger partial charge is 0.503 e. The number of nitrogens with one attached hydrogen (secondary N) is 1. The predicted molar refractivity (Wildman–Crippen MR) is 109 cm³/mol. The van der Waals surface area contributed by atoms with E-state index in [0.29, 0.717) is 22.2 Å². The molecule has 0 aliphatic carbocycles. The molecular weight excluding hydrogens is 412 g/mol. The fraction of sp³-hybridized carbons (Fsp3) is 0.300. The van der Waals surface area contributed by atoms with E-state index in [4.69, 9.17) is 9.47 Å². The van der Waals surface area contributed by atoms with Crippen molar-refractivity contribution in [2.24, 2.45) is 5.10 Å². The maximum atomic E-state index is 11.9. The van der Waals surface area contributed by atoms with Crippen LogP contribution in [-0.4, -0.2) is 31.4 Å². The number of hydrogen-bond acceptors (Lipinski definition) is 5. The fourth-order valence-corrected chi connectivity index (χ4v) is 3.03. The van der Waals surface area contributed by atoms with Crippen molar-refractivity contribution in [3.63, 3.8) is 0 Å². The van der Waals surface area contributed by atoms with E-state index in [2.05, 4.69) is 26.5 Å². The summed E-state index contributed by atoms with van der Waals surface area (Å²) in [5.74, 6) is 1.03. The lowest BCUT2D eigenvalue weighted by Crippen LogP contribution is -2.17. The zero-order valence-electron chi connectivity index (χ0n) is 15.6. The van der Waals surface area contributed by atoms with Gasteiger partial charge in [-0.1, -0.05) is 6.07 Å². The van der Waals surface area contributed by atoms with Crippen molar-refractivity contribution >= 4 is 28.1 Å². The summed E-state index contributed by atoms with van der Waals surface area (Å²) in [7, 11) is 3.11. The van der Waals surface area contributed by atoms with E-state index in [9.17, 15) is 9.90 Å². The summed E-state index contributed by atoms with van der Waals surface area (Å²) in [6.45, 7) is 2.03. The molecule has 0 saturated heterocycles. The Morgan fingerprint density at radius 1 is 1.26 bits per heavy atom. The average molecular weight is 435 g/mol. The molecule has 7 heteroatoms. The van der Waals surface area contributed by atoms with Gasteiger partial charge < -0.3 is 14.6 Å². The Kier molecular flexibility index (Phi) is 7.67. The van der Waals surface area contributed by atoms with Crippen LogP contribution in [-0.2, 0) is 11.2 Å². The third-order valence-corrected chi connectivity index (χ3v) is 4.68. The molecule has 0 radical (unpaired) electrons. The highest BCUT2D eigenvalue weighted by atomic mass is 79.9. The maximum absolute atomic E-state index is 11.9. The van der Waals surface area contributed by atoms with E-state index in [-0.39, 0.29) is 11.7 Å². The molecule has 0 fully saturated rings. The molecule has 2 rings (SSSR count). The number of phenols is 1. The van der Waals surface area contributed by atoms with Gasteiger partial charge >= 0.3 is 0 Å². The number of nitrogens with zero attached hydrogens (tertiary/aromatic N) is 1. The van der Waals surface area contributed by atoms with Crippen molar-refractivity contribution < 1.29 is 19.4 Å². The van der Waals surface area contributed by atoms with Crippen LogP contribution >= 0.6 is 15.9 Å². The molecule has 2 aromatic rings. The Morgan fingerprint density at radius 3 is 2.70 bits per heavy atom. The lowest BCUT2D eigenvalue weighted by molar-refractivity contribution is -0.121. The quantitative estimate of drug-likeness (QED) is 0.486. The summed E-state index contributed by atoms with van der Waals surface area (Å²) in [4.78, 5) is 11.9. The zero-order valence-corrected chi connectivity index (χ0v) is 17.2. The molecule has 144 valence electrons. The number of carbonyl (C=O) groups excluding carboxylic acids is 1. The molecule has 6 nitrogen and oxygen atoms in total. The second-order valence-corrected chi connectivity index (χ2v) is 6.85. The topological polar surface area (TPSA) is 80.2 Å². The molecule has 0 saturated carbocycles. The van der Waals surface area contributed by atoms with Crippen molar-refractivity contribution in [1.82, 2.24) is 5.43 Å². The fourth-order valence-electron chi connectivity index (χ4n) is 2.57. The second kappa shape index (κ2) is 9.97. The number of phenolic OH excluding ortho intramolecular Hbond substituents is 1. The van der Waals surface area contributed by atoms with Gasteiger partial charge in [-0.2, -0.15) is 5.10 Å². The van der Waals surface area contributed by atoms with Crippen LogP contribution in [0.5, 0.6) is 17.2 Å². The lowest BCUT2D eigenvalue weighted by atomic mass is 10.0. The molecule has 0 unspecified atom stereocenters. The second-order valence-electron chi connectivity index (χ2n) is 5.99. The molecule has 0 aromatic heterocycles. The van der Waals surface area contributed by atoms with Crippen LogP contribution in [0.3, 0.4) is 0 Å². The summed E-state index contributed by atoms with van der Waals surface area (Å²) in [5, 5.41) is 13.7. The average Bonchev–Trinajstić information content (AvgIpc) is 2.65. The Bertz CT molecular complexity index is 837. The SMILES string of the molecule is COc1ccc(CCCC(=O)N/N=C\c2cc(Br)c(O)c(OC)c2)c(C)c1. The Morgan fingerprint density at radius 2 is 2.04 bits per heavy atom. The van der Waals surface area contributed by atoms with Gasteiger partial charge in [0.15, 0.2) is 11.5 Å². The van der Waals surface area contributed by atoms with E-state index >= 15 is 0 Å². The molecule has 0 aliphatic rings. The summed E-state index contributed by atoms with van der Waals surface area (Å²) in [6, 6.07) is 9.25. The summed E-state index contributed by atoms with van der Waals surface area (Å²) < 4.78 is 10.8. The maximum Gasteiger partial charge on any atom is 0.240 e. The van der Waals surface area contributed by atoms with Gasteiger partial charge in [0.05, 0.1) is 24.9 Å². The van der Waals surface area contributed by atoms with Crippen LogP contribution in [0.2, 0.25) is 0 Å². The number of benzene rings is 2. The van der Waals surface area contributed by atoms with E-state index < -0.39 is 0 Å². The third kappa shape index (κ3) is 5.99. The van der Waals surface area contributed by atoms with Crippen molar-refractivity contribution in [3.05, 3.63) is 51.5 Å². The minimum atomic E-state index is -0.151. The molecule has 0 atom stereocenters. The number of hydrazone groups is 1. The molecule has 0 bridgehead atoms. The van der Waals surface area contributed by atoms with Crippen LogP contribution in [0.4, 0.5) is 0 Å². The minimum Gasteiger partial charge on any atom is -0.503 e. The van der Waals surface area contributed by atoms with Gasteiger partial charge in [0.1, 0.15) is 5.75 Å². The third-order valence-electron chi connectivity index (χ3n) is 4.07. The summed E-state index contributed by atoms with van der Waals surface area (Å²) >= 11 is 3.24. The predicted octanol–water partition coefficient (Wildman–Crippen LogP) is 3.95. The first-order chi connectivity index (χ1) is 12.9. The Balaban J connectivity index is 1.83. The van der Waals surface area contributed by atoms with Gasteiger partial charge in [-0.15, -0.1) is 0 Å². The van der Waals surface area contributed by atoms with Gasteiger partial charge in [0.2, 0.25) is 5.91 Å². The Labute approximate surface area is 167 Å². The number of rotatable bonds is 8. The summed E-state index contributed by atoms with van der Waals surface area (Å²) in [6.07, 6.45) is 3.42. The molecule has 27 heavy (non-hydrogen) atoms. The van der Waals surface area contributed by atoms with Crippen LogP contribution in [0, 0.1) is 6.92 Å². The molecule has 2 N–H and O–H groups in total. The van der Waals surface area contributed by atoms with Gasteiger partial charge in [-0.05, 0) is 76.7 Å². The monoisotopic (exact) mass is 434 g/mol. The zero-order chi connectivity index (χ0) is 19.8. The first kappa shape index (κ1) is 20.8. The van der Waals surface area contributed by atoms with E-state index in [1.165, 1.54) is 18.9 Å². The van der Waals surface area contributed by atoms with E-state index in [0.717, 1.165) is 24.2 Å². The van der Waals surface area contributed by atoms with Gasteiger partial charge in [-0.25, -0.2) is 5.43 Å². The van der Waals surface area contributed by atoms with Gasteiger partial charge in [0.25, 0.3) is 0 Å². The van der Waals surface area contributed by atoms with Crippen molar-refractivity contribution in [3.8, 4) is 17.2 Å². The van der Waals surface area contributed by atoms with Crippen LogP contribution in [0.15, 0.2) is 39.9 Å². The number of halogens is 1. The number of aryl methyl sites for hydroxylation is 2. The van der Waals surface area contributed by atoms with E-state index in [1.54, 1.807) is 19.2 Å². The lowest BCUT2D eigenvalue weighted by Gasteiger charge is -2.08. The Hall–Kier alpha value is -2.54. The van der Waals surface area contributed by atoms with Crippen LogP contribution in [0.25, 0.3) is 0 Å². The number of carbonyl (C=O) groups is 1. The highest BCUT2D eigenvalue weighted by Gasteiger charge is 2.08. The van der Waals surface area contributed by atoms with E-state index in [1.807, 2.05) is 25.1 Å². The first-order valence-electron chi connectivity index (χ1n) is 8.46. The number of ether oxygens (including phenoxy) is 2. The molecule has 1 amide bonds. The van der Waals surface area contributed by atoms with Crippen molar-refractivity contribution in [1.29, 1.82) is 0 Å². The summed E-state index contributed by atoms with van der Waals surface area (Å²) in [5.41, 5.74) is 5.55. The van der Waals surface area contributed by atoms with Crippen LogP contribution in [0.1, 0.15) is 29.5 Å². The van der Waals surface area contributed by atoms with Crippen molar-refractivity contribution in [2.75, 3.05) is 14.2 Å². The first-order valence-corrected chi connectivity index (χ1v) is 9.25. The molecular formula is C20H23BrN2O4. The molecule has 0 spiro atoms.